The maximum Gasteiger partial charge on any atom is 0.261 e. The van der Waals surface area contributed by atoms with E-state index in [2.05, 4.69) is 29.1 Å². The summed E-state index contributed by atoms with van der Waals surface area (Å²) in [7, 11) is 0. The average molecular weight is 358 g/mol. The van der Waals surface area contributed by atoms with E-state index >= 15 is 0 Å². The molecule has 0 bridgehead atoms. The van der Waals surface area contributed by atoms with Crippen LogP contribution < -0.4 is 5.73 Å². The van der Waals surface area contributed by atoms with Crippen molar-refractivity contribution in [3.05, 3.63) is 47.0 Å². The minimum absolute atomic E-state index is 0.211. The third kappa shape index (κ3) is 2.75. The van der Waals surface area contributed by atoms with E-state index < -0.39 is 5.54 Å². The lowest BCUT2D eigenvalue weighted by Crippen LogP contribution is -2.44. The highest BCUT2D eigenvalue weighted by Crippen LogP contribution is 2.38. The zero-order valence-electron chi connectivity index (χ0n) is 14.2. The number of rotatable bonds is 4. The van der Waals surface area contributed by atoms with E-state index in [4.69, 9.17) is 21.9 Å². The van der Waals surface area contributed by atoms with Crippen LogP contribution in [0.25, 0.3) is 17.1 Å². The monoisotopic (exact) mass is 357 g/mol. The molecule has 0 saturated heterocycles. The van der Waals surface area contributed by atoms with Crippen LogP contribution in [0.3, 0.4) is 0 Å². The van der Waals surface area contributed by atoms with Gasteiger partial charge in [-0.1, -0.05) is 36.7 Å². The summed E-state index contributed by atoms with van der Waals surface area (Å²) in [6.07, 6.45) is 4.65. The number of halogens is 1. The molecule has 1 fully saturated rings. The fraction of sp³-hybridized carbons (Fsp3) is 0.389. The molecule has 2 heterocycles. The number of aromatic nitrogens is 4. The summed E-state index contributed by atoms with van der Waals surface area (Å²) in [6.45, 7) is 4.21. The van der Waals surface area contributed by atoms with Gasteiger partial charge in [0.25, 0.3) is 5.89 Å². The van der Waals surface area contributed by atoms with Gasteiger partial charge in [0.1, 0.15) is 0 Å². The van der Waals surface area contributed by atoms with Crippen molar-refractivity contribution in [3.63, 3.8) is 0 Å². The second-order valence-electron chi connectivity index (χ2n) is 6.92. The van der Waals surface area contributed by atoms with E-state index in [9.17, 15) is 0 Å². The Kier molecular flexibility index (Phi) is 3.89. The number of nitrogens with two attached hydrogens (primary N) is 1. The molecule has 0 radical (unpaired) electrons. The quantitative estimate of drug-likeness (QED) is 0.762. The summed E-state index contributed by atoms with van der Waals surface area (Å²) < 4.78 is 7.39. The summed E-state index contributed by atoms with van der Waals surface area (Å²) in [5, 5.41) is 9.31. The molecule has 6 nitrogen and oxygen atoms in total. The molecule has 1 saturated carbocycles. The minimum atomic E-state index is -0.442. The van der Waals surface area contributed by atoms with Gasteiger partial charge in [-0.2, -0.15) is 10.1 Å². The predicted molar refractivity (Wildman–Crippen MR) is 95.7 cm³/mol. The van der Waals surface area contributed by atoms with Crippen LogP contribution in [0.5, 0.6) is 0 Å². The van der Waals surface area contributed by atoms with Gasteiger partial charge in [-0.15, -0.1) is 0 Å². The summed E-state index contributed by atoms with van der Waals surface area (Å²) in [6, 6.07) is 7.60. The van der Waals surface area contributed by atoms with Crippen LogP contribution >= 0.6 is 11.6 Å². The van der Waals surface area contributed by atoms with Crippen molar-refractivity contribution in [2.24, 2.45) is 5.73 Å². The molecule has 25 heavy (non-hydrogen) atoms. The molecule has 7 heteroatoms. The van der Waals surface area contributed by atoms with Gasteiger partial charge in [-0.3, -0.25) is 0 Å². The van der Waals surface area contributed by atoms with E-state index in [1.54, 1.807) is 6.20 Å². The Bertz CT molecular complexity index is 910. The first-order chi connectivity index (χ1) is 12.0. The molecular formula is C18H20ClN5O. The Morgan fingerprint density at radius 1 is 1.32 bits per heavy atom. The smallest absolute Gasteiger partial charge is 0.261 e. The highest BCUT2D eigenvalue weighted by Gasteiger charge is 2.39. The second-order valence-corrected chi connectivity index (χ2v) is 7.36. The van der Waals surface area contributed by atoms with Crippen molar-refractivity contribution in [1.29, 1.82) is 0 Å². The Hall–Kier alpha value is -2.18. The zero-order valence-corrected chi connectivity index (χ0v) is 15.0. The van der Waals surface area contributed by atoms with Crippen LogP contribution in [0.15, 0.2) is 35.0 Å². The van der Waals surface area contributed by atoms with E-state index in [1.807, 2.05) is 28.9 Å². The van der Waals surface area contributed by atoms with Crippen LogP contribution in [-0.2, 0) is 5.54 Å². The van der Waals surface area contributed by atoms with Gasteiger partial charge in [-0.25, -0.2) is 4.68 Å². The first-order valence-corrected chi connectivity index (χ1v) is 8.83. The highest BCUT2D eigenvalue weighted by atomic mass is 35.5. The summed E-state index contributed by atoms with van der Waals surface area (Å²) in [4.78, 5) is 4.56. The van der Waals surface area contributed by atoms with Crippen molar-refractivity contribution in [3.8, 4) is 17.1 Å². The maximum absolute atomic E-state index is 6.31. The molecule has 130 valence electrons. The predicted octanol–water partition coefficient (Wildman–Crippen LogP) is 4.04. The van der Waals surface area contributed by atoms with Crippen molar-refractivity contribution < 1.29 is 4.52 Å². The van der Waals surface area contributed by atoms with Crippen molar-refractivity contribution in [2.45, 2.75) is 44.6 Å². The van der Waals surface area contributed by atoms with Crippen LogP contribution in [-0.4, -0.2) is 19.9 Å². The SMILES string of the molecule is CC(C)c1c(-c2nc(C3(N)CCC3)no2)cnn1-c1cccc(Cl)c1. The van der Waals surface area contributed by atoms with E-state index in [0.29, 0.717) is 16.7 Å². The molecule has 4 rings (SSSR count). The molecule has 0 atom stereocenters. The molecule has 2 N–H and O–H groups in total. The lowest BCUT2D eigenvalue weighted by atomic mass is 9.77. The van der Waals surface area contributed by atoms with Crippen molar-refractivity contribution in [1.82, 2.24) is 19.9 Å². The van der Waals surface area contributed by atoms with Gasteiger partial charge in [0, 0.05) is 5.02 Å². The normalized spacial score (nSPS) is 16.2. The summed E-state index contributed by atoms with van der Waals surface area (Å²) >= 11 is 6.13. The number of benzene rings is 1. The maximum atomic E-state index is 6.31. The third-order valence-corrected chi connectivity index (χ3v) is 4.99. The summed E-state index contributed by atoms with van der Waals surface area (Å²) in [5.41, 5.74) is 8.59. The molecule has 1 aromatic carbocycles. The van der Waals surface area contributed by atoms with E-state index in [-0.39, 0.29) is 5.92 Å². The summed E-state index contributed by atoms with van der Waals surface area (Å²) in [5.74, 6) is 1.25. The molecule has 0 aliphatic heterocycles. The number of nitrogens with zero attached hydrogens (tertiary/aromatic N) is 4. The molecule has 0 spiro atoms. The first kappa shape index (κ1) is 16.3. The Morgan fingerprint density at radius 3 is 2.76 bits per heavy atom. The molecule has 0 unspecified atom stereocenters. The second kappa shape index (κ2) is 5.97. The molecule has 3 aromatic rings. The average Bonchev–Trinajstić information content (AvgIpc) is 3.19. The molecule has 2 aromatic heterocycles. The van der Waals surface area contributed by atoms with Crippen molar-refractivity contribution >= 4 is 11.6 Å². The van der Waals surface area contributed by atoms with E-state index in [0.717, 1.165) is 36.2 Å². The number of hydrogen-bond donors (Lipinski definition) is 1. The van der Waals surface area contributed by atoms with Gasteiger partial charge in [0.05, 0.1) is 28.7 Å². The molecule has 1 aliphatic carbocycles. The van der Waals surface area contributed by atoms with Crippen molar-refractivity contribution in [2.75, 3.05) is 0 Å². The first-order valence-electron chi connectivity index (χ1n) is 8.45. The Morgan fingerprint density at radius 2 is 2.12 bits per heavy atom. The third-order valence-electron chi connectivity index (χ3n) is 4.75. The van der Waals surface area contributed by atoms with Crippen LogP contribution in [0.1, 0.15) is 50.5 Å². The molecular weight excluding hydrogens is 338 g/mol. The Balaban J connectivity index is 1.78. The number of hydrogen-bond acceptors (Lipinski definition) is 5. The van der Waals surface area contributed by atoms with Gasteiger partial charge >= 0.3 is 0 Å². The van der Waals surface area contributed by atoms with Gasteiger partial charge < -0.3 is 10.3 Å². The van der Waals surface area contributed by atoms with Gasteiger partial charge in [-0.05, 0) is 43.4 Å². The fourth-order valence-corrected chi connectivity index (χ4v) is 3.39. The highest BCUT2D eigenvalue weighted by molar-refractivity contribution is 6.30. The molecule has 0 amide bonds. The Labute approximate surface area is 151 Å². The van der Waals surface area contributed by atoms with Crippen LogP contribution in [0, 0.1) is 0 Å². The molecule has 1 aliphatic rings. The minimum Gasteiger partial charge on any atom is -0.334 e. The lowest BCUT2D eigenvalue weighted by molar-refractivity contribution is 0.229. The van der Waals surface area contributed by atoms with Crippen LogP contribution in [0.4, 0.5) is 0 Å². The largest absolute Gasteiger partial charge is 0.334 e. The fourth-order valence-electron chi connectivity index (χ4n) is 3.21. The standard InChI is InChI=1S/C18H20ClN5O/c1-11(2)15-14(10-21-24(15)13-6-3-5-12(19)9-13)16-22-17(23-25-16)18(20)7-4-8-18/h3,5-6,9-11H,4,7-8,20H2,1-2H3. The van der Waals surface area contributed by atoms with E-state index in [1.165, 1.54) is 0 Å². The van der Waals surface area contributed by atoms with Crippen LogP contribution in [0.2, 0.25) is 5.02 Å². The van der Waals surface area contributed by atoms with Gasteiger partial charge in [0.2, 0.25) is 0 Å². The lowest BCUT2D eigenvalue weighted by Gasteiger charge is -2.34. The zero-order chi connectivity index (χ0) is 17.6. The van der Waals surface area contributed by atoms with Gasteiger partial charge in [0.15, 0.2) is 5.82 Å². The topological polar surface area (TPSA) is 82.8 Å².